The smallest absolute Gasteiger partial charge is 0.129 e. The monoisotopic (exact) mass is 331 g/mol. The first-order chi connectivity index (χ1) is 8.61. The van der Waals surface area contributed by atoms with Crippen molar-refractivity contribution in [1.29, 1.82) is 0 Å². The highest BCUT2D eigenvalue weighted by atomic mass is 79.9. The standard InChI is InChI=1S/C13H12BrF2NS/c1-17-11(12-5-6-13(14)18-12)7-8-9(15)3-2-4-10(8)16/h2-6,11,17H,7H2,1H3. The molecule has 2 aromatic rings. The first-order valence-electron chi connectivity index (χ1n) is 5.47. The molecule has 5 heteroatoms. The molecule has 1 aromatic carbocycles. The Morgan fingerprint density at radius 1 is 1.22 bits per heavy atom. The third-order valence-electron chi connectivity index (χ3n) is 2.76. The van der Waals surface area contributed by atoms with E-state index in [1.54, 1.807) is 18.4 Å². The van der Waals surface area contributed by atoms with Gasteiger partial charge in [-0.1, -0.05) is 6.07 Å². The number of halogens is 3. The Balaban J connectivity index is 2.26. The van der Waals surface area contributed by atoms with Crippen LogP contribution < -0.4 is 5.32 Å². The van der Waals surface area contributed by atoms with Crippen LogP contribution in [-0.4, -0.2) is 7.05 Å². The molecule has 0 saturated heterocycles. The second kappa shape index (κ2) is 5.91. The van der Waals surface area contributed by atoms with Crippen LogP contribution in [0, 0.1) is 11.6 Å². The molecule has 18 heavy (non-hydrogen) atoms. The van der Waals surface area contributed by atoms with Crippen LogP contribution in [0.5, 0.6) is 0 Å². The lowest BCUT2D eigenvalue weighted by molar-refractivity contribution is 0.518. The van der Waals surface area contributed by atoms with E-state index in [2.05, 4.69) is 21.2 Å². The molecule has 0 bridgehead atoms. The molecule has 1 nitrogen and oxygen atoms in total. The summed E-state index contributed by atoms with van der Waals surface area (Å²) in [6.07, 6.45) is 0.294. The minimum atomic E-state index is -0.495. The molecule has 0 aliphatic carbocycles. The number of hydrogen-bond acceptors (Lipinski definition) is 2. The van der Waals surface area contributed by atoms with Crippen molar-refractivity contribution >= 4 is 27.3 Å². The molecular formula is C13H12BrF2NS. The number of hydrogen-bond donors (Lipinski definition) is 1. The molecule has 1 atom stereocenters. The third-order valence-corrected chi connectivity index (χ3v) is 4.49. The molecular weight excluding hydrogens is 320 g/mol. The Morgan fingerprint density at radius 2 is 1.89 bits per heavy atom. The largest absolute Gasteiger partial charge is 0.312 e. The van der Waals surface area contributed by atoms with Gasteiger partial charge in [0, 0.05) is 16.5 Å². The number of rotatable bonds is 4. The van der Waals surface area contributed by atoms with Crippen LogP contribution >= 0.6 is 27.3 Å². The average Bonchev–Trinajstić information content (AvgIpc) is 2.76. The van der Waals surface area contributed by atoms with E-state index >= 15 is 0 Å². The Bertz CT molecular complexity index is 521. The van der Waals surface area contributed by atoms with Crippen LogP contribution in [0.3, 0.4) is 0 Å². The van der Waals surface area contributed by atoms with Crippen molar-refractivity contribution in [3.05, 3.63) is 56.2 Å². The highest BCUT2D eigenvalue weighted by Crippen LogP contribution is 2.30. The van der Waals surface area contributed by atoms with Crippen LogP contribution in [-0.2, 0) is 6.42 Å². The van der Waals surface area contributed by atoms with Crippen molar-refractivity contribution in [2.24, 2.45) is 0 Å². The van der Waals surface area contributed by atoms with Crippen LogP contribution in [0.25, 0.3) is 0 Å². The molecule has 0 aliphatic rings. The summed E-state index contributed by atoms with van der Waals surface area (Å²) in [5, 5.41) is 3.09. The average molecular weight is 332 g/mol. The summed E-state index contributed by atoms with van der Waals surface area (Å²) in [6.45, 7) is 0. The number of nitrogens with one attached hydrogen (secondary N) is 1. The Labute approximate surface area is 117 Å². The zero-order chi connectivity index (χ0) is 13.1. The van der Waals surface area contributed by atoms with Gasteiger partial charge in [-0.05, 0) is 53.7 Å². The van der Waals surface area contributed by atoms with Crippen molar-refractivity contribution in [1.82, 2.24) is 5.32 Å². The molecule has 0 amide bonds. The molecule has 0 spiro atoms. The van der Waals surface area contributed by atoms with Gasteiger partial charge in [0.15, 0.2) is 0 Å². The van der Waals surface area contributed by atoms with Crippen molar-refractivity contribution in [2.45, 2.75) is 12.5 Å². The van der Waals surface area contributed by atoms with E-state index in [9.17, 15) is 8.78 Å². The summed E-state index contributed by atoms with van der Waals surface area (Å²) in [5.74, 6) is -0.989. The fourth-order valence-corrected chi connectivity index (χ4v) is 3.33. The van der Waals surface area contributed by atoms with Gasteiger partial charge in [0.2, 0.25) is 0 Å². The summed E-state index contributed by atoms with van der Waals surface area (Å²) >= 11 is 4.95. The molecule has 1 aromatic heterocycles. The van der Waals surface area contributed by atoms with Gasteiger partial charge in [-0.2, -0.15) is 0 Å². The van der Waals surface area contributed by atoms with Gasteiger partial charge in [0.1, 0.15) is 11.6 Å². The van der Waals surface area contributed by atoms with Gasteiger partial charge in [0.25, 0.3) is 0 Å². The minimum absolute atomic E-state index is 0.0901. The van der Waals surface area contributed by atoms with E-state index in [1.165, 1.54) is 18.2 Å². The van der Waals surface area contributed by atoms with Crippen LogP contribution in [0.4, 0.5) is 8.78 Å². The summed E-state index contributed by atoms with van der Waals surface area (Å²) in [6, 6.07) is 7.75. The van der Waals surface area contributed by atoms with Crippen LogP contribution in [0.2, 0.25) is 0 Å². The lowest BCUT2D eigenvalue weighted by Crippen LogP contribution is -2.19. The molecule has 1 unspecified atom stereocenters. The molecule has 0 saturated carbocycles. The lowest BCUT2D eigenvalue weighted by atomic mass is 10.0. The normalized spacial score (nSPS) is 12.7. The molecule has 96 valence electrons. The van der Waals surface area contributed by atoms with Crippen molar-refractivity contribution in [3.63, 3.8) is 0 Å². The minimum Gasteiger partial charge on any atom is -0.312 e. The first kappa shape index (κ1) is 13.6. The van der Waals surface area contributed by atoms with Gasteiger partial charge in [0.05, 0.1) is 3.79 Å². The van der Waals surface area contributed by atoms with Crippen LogP contribution in [0.15, 0.2) is 34.1 Å². The van der Waals surface area contributed by atoms with Gasteiger partial charge in [-0.3, -0.25) is 0 Å². The van der Waals surface area contributed by atoms with E-state index in [0.29, 0.717) is 6.42 Å². The Hall–Kier alpha value is -0.780. The maximum absolute atomic E-state index is 13.6. The second-order valence-electron chi connectivity index (χ2n) is 3.89. The molecule has 0 fully saturated rings. The second-order valence-corrected chi connectivity index (χ2v) is 6.38. The third kappa shape index (κ3) is 2.96. The summed E-state index contributed by atoms with van der Waals surface area (Å²) in [7, 11) is 1.79. The van der Waals surface area contributed by atoms with E-state index in [0.717, 1.165) is 8.66 Å². The van der Waals surface area contributed by atoms with E-state index in [-0.39, 0.29) is 11.6 Å². The van der Waals surface area contributed by atoms with Crippen molar-refractivity contribution in [2.75, 3.05) is 7.05 Å². The van der Waals surface area contributed by atoms with Crippen LogP contribution in [0.1, 0.15) is 16.5 Å². The lowest BCUT2D eigenvalue weighted by Gasteiger charge is -2.15. The zero-order valence-electron chi connectivity index (χ0n) is 9.71. The maximum Gasteiger partial charge on any atom is 0.129 e. The number of benzene rings is 1. The number of likely N-dealkylation sites (N-methyl/N-ethyl adjacent to an activating group) is 1. The van der Waals surface area contributed by atoms with Gasteiger partial charge in [-0.25, -0.2) is 8.78 Å². The molecule has 0 radical (unpaired) electrons. The highest BCUT2D eigenvalue weighted by Gasteiger charge is 2.17. The van der Waals surface area contributed by atoms with Crippen molar-refractivity contribution < 1.29 is 8.78 Å². The van der Waals surface area contributed by atoms with Gasteiger partial charge >= 0.3 is 0 Å². The maximum atomic E-state index is 13.6. The quantitative estimate of drug-likeness (QED) is 0.881. The summed E-state index contributed by atoms with van der Waals surface area (Å²) in [5.41, 5.74) is 0.126. The van der Waals surface area contributed by atoms with Crippen molar-refractivity contribution in [3.8, 4) is 0 Å². The van der Waals surface area contributed by atoms with E-state index < -0.39 is 11.6 Å². The SMILES string of the molecule is CNC(Cc1c(F)cccc1F)c1ccc(Br)s1. The number of thiophene rings is 1. The van der Waals surface area contributed by atoms with E-state index in [1.807, 2.05) is 12.1 Å². The molecule has 1 N–H and O–H groups in total. The first-order valence-corrected chi connectivity index (χ1v) is 7.08. The zero-order valence-corrected chi connectivity index (χ0v) is 12.1. The molecule has 0 aliphatic heterocycles. The van der Waals surface area contributed by atoms with Gasteiger partial charge < -0.3 is 5.32 Å². The Kier molecular flexibility index (Phi) is 4.48. The van der Waals surface area contributed by atoms with Gasteiger partial charge in [-0.15, -0.1) is 11.3 Å². The predicted octanol–water partition coefficient (Wildman–Crippen LogP) is 4.29. The summed E-state index contributed by atoms with van der Waals surface area (Å²) in [4.78, 5) is 1.05. The predicted molar refractivity (Wildman–Crippen MR) is 73.9 cm³/mol. The fourth-order valence-electron chi connectivity index (χ4n) is 1.79. The molecule has 1 heterocycles. The summed E-state index contributed by atoms with van der Waals surface area (Å²) < 4.78 is 28.2. The molecule has 2 rings (SSSR count). The van der Waals surface area contributed by atoms with E-state index in [4.69, 9.17) is 0 Å². The topological polar surface area (TPSA) is 12.0 Å². The fraction of sp³-hybridized carbons (Fsp3) is 0.231. The Morgan fingerprint density at radius 3 is 2.39 bits per heavy atom. The highest BCUT2D eigenvalue weighted by molar-refractivity contribution is 9.11.